The van der Waals surface area contributed by atoms with Gasteiger partial charge in [0.25, 0.3) is 5.89 Å². The lowest BCUT2D eigenvalue weighted by Crippen LogP contribution is -2.47. The van der Waals surface area contributed by atoms with Crippen LogP contribution < -0.4 is 10.1 Å². The van der Waals surface area contributed by atoms with E-state index >= 15 is 0 Å². The molecule has 0 aliphatic carbocycles. The second kappa shape index (κ2) is 11.9. The van der Waals surface area contributed by atoms with Gasteiger partial charge >= 0.3 is 12.3 Å². The Balaban J connectivity index is 1.35. The Hall–Kier alpha value is -3.62. The summed E-state index contributed by atoms with van der Waals surface area (Å²) in [5.74, 6) is 0.357. The van der Waals surface area contributed by atoms with Crippen molar-refractivity contribution in [2.75, 3.05) is 13.2 Å². The molecule has 42 heavy (non-hydrogen) atoms. The molecule has 0 bridgehead atoms. The van der Waals surface area contributed by atoms with Crippen LogP contribution in [0.1, 0.15) is 46.7 Å². The van der Waals surface area contributed by atoms with Crippen molar-refractivity contribution in [2.45, 2.75) is 58.5 Å². The van der Waals surface area contributed by atoms with Crippen molar-refractivity contribution in [3.63, 3.8) is 0 Å². The van der Waals surface area contributed by atoms with Crippen LogP contribution in [-0.4, -0.2) is 55.1 Å². The van der Waals surface area contributed by atoms with E-state index in [9.17, 15) is 18.0 Å². The number of alkyl carbamates (subject to hydrolysis) is 1. The Kier molecular flexibility index (Phi) is 8.90. The molecule has 0 spiro atoms. The van der Waals surface area contributed by atoms with E-state index in [1.54, 1.807) is 34.6 Å². The molecule has 3 aromatic heterocycles. The summed E-state index contributed by atoms with van der Waals surface area (Å²) in [6.07, 6.45) is -1.60. The SMILES string of the molecule is CC(C)(C)OC(=O)NC(C)(C)OCCCOc1cc(Cl)c(-c2noc(-c3cn4cc(C(F)(F)F)ncc4n3)n2)cc1Cl. The van der Waals surface area contributed by atoms with Crippen molar-refractivity contribution in [1.29, 1.82) is 0 Å². The first-order valence-corrected chi connectivity index (χ1v) is 13.3. The third-order valence-electron chi connectivity index (χ3n) is 5.35. The summed E-state index contributed by atoms with van der Waals surface area (Å²) in [5, 5.41) is 7.00. The minimum absolute atomic E-state index is 0.0427. The average molecular weight is 631 g/mol. The predicted molar refractivity (Wildman–Crippen MR) is 146 cm³/mol. The first-order chi connectivity index (χ1) is 19.5. The zero-order chi connectivity index (χ0) is 30.9. The number of hydrogen-bond acceptors (Lipinski definition) is 9. The number of carbonyl (C=O) groups is 1. The molecule has 0 radical (unpaired) electrons. The zero-order valence-electron chi connectivity index (χ0n) is 23.2. The summed E-state index contributed by atoms with van der Waals surface area (Å²) in [6.45, 7) is 9.21. The second-order valence-electron chi connectivity index (χ2n) is 10.5. The van der Waals surface area contributed by atoms with Crippen LogP contribution in [0.4, 0.5) is 18.0 Å². The van der Waals surface area contributed by atoms with Crippen LogP contribution >= 0.6 is 23.2 Å². The number of aromatic nitrogens is 5. The number of carbonyl (C=O) groups excluding carboxylic acids is 1. The molecule has 1 aromatic carbocycles. The third kappa shape index (κ3) is 8.01. The van der Waals surface area contributed by atoms with E-state index in [2.05, 4.69) is 25.4 Å². The van der Waals surface area contributed by atoms with E-state index in [-0.39, 0.29) is 46.3 Å². The van der Waals surface area contributed by atoms with Gasteiger partial charge in [-0.25, -0.2) is 14.8 Å². The van der Waals surface area contributed by atoms with Crippen LogP contribution in [0.5, 0.6) is 5.75 Å². The van der Waals surface area contributed by atoms with Gasteiger partial charge < -0.3 is 23.1 Å². The number of imidazole rings is 1. The van der Waals surface area contributed by atoms with Crippen molar-refractivity contribution in [3.05, 3.63) is 46.5 Å². The standard InChI is InChI=1S/C26H27Cl2F3N6O5/c1-24(2,3)41-23(38)35-25(4,5)40-8-6-7-39-18-10-15(27)14(9-16(18)28)21-34-22(42-36-21)17-12-37-13-19(26(29,30)31)32-11-20(37)33-17/h9-13H,6-8H2,1-5H3,(H,35,38). The maximum atomic E-state index is 13.0. The Labute approximate surface area is 248 Å². The summed E-state index contributed by atoms with van der Waals surface area (Å²) in [7, 11) is 0. The zero-order valence-corrected chi connectivity index (χ0v) is 24.7. The summed E-state index contributed by atoms with van der Waals surface area (Å²) in [4.78, 5) is 23.8. The van der Waals surface area contributed by atoms with E-state index in [0.717, 1.165) is 16.8 Å². The molecule has 0 saturated carbocycles. The quantitative estimate of drug-likeness (QED) is 0.157. The minimum atomic E-state index is -4.60. The van der Waals surface area contributed by atoms with E-state index in [1.807, 2.05) is 0 Å². The van der Waals surface area contributed by atoms with Crippen molar-refractivity contribution < 1.29 is 36.7 Å². The molecular weight excluding hydrogens is 604 g/mol. The van der Waals surface area contributed by atoms with Gasteiger partial charge in [-0.2, -0.15) is 18.2 Å². The number of fused-ring (bicyclic) bond motifs is 1. The first kappa shape index (κ1) is 31.3. The normalized spacial score (nSPS) is 12.5. The van der Waals surface area contributed by atoms with Crippen molar-refractivity contribution >= 4 is 34.9 Å². The number of hydrogen-bond donors (Lipinski definition) is 1. The number of alkyl halides is 3. The average Bonchev–Trinajstić information content (AvgIpc) is 3.50. The molecule has 226 valence electrons. The fraction of sp³-hybridized carbons (Fsp3) is 0.423. The lowest BCUT2D eigenvalue weighted by atomic mass is 10.2. The van der Waals surface area contributed by atoms with Crippen LogP contribution in [0.3, 0.4) is 0 Å². The minimum Gasteiger partial charge on any atom is -0.492 e. The number of amides is 1. The Morgan fingerprint density at radius 3 is 2.48 bits per heavy atom. The predicted octanol–water partition coefficient (Wildman–Crippen LogP) is 6.82. The lowest BCUT2D eigenvalue weighted by Gasteiger charge is -2.28. The molecule has 3 heterocycles. The van der Waals surface area contributed by atoms with Crippen LogP contribution in [0, 0.1) is 0 Å². The maximum Gasteiger partial charge on any atom is 0.434 e. The van der Waals surface area contributed by atoms with Gasteiger partial charge in [-0.05, 0) is 40.7 Å². The summed E-state index contributed by atoms with van der Waals surface area (Å²) >= 11 is 12.8. The van der Waals surface area contributed by atoms with Gasteiger partial charge in [-0.15, -0.1) is 0 Å². The Bertz CT molecular complexity index is 1580. The first-order valence-electron chi connectivity index (χ1n) is 12.5. The Morgan fingerprint density at radius 1 is 1.05 bits per heavy atom. The Morgan fingerprint density at radius 2 is 1.79 bits per heavy atom. The molecule has 16 heteroatoms. The van der Waals surface area contributed by atoms with E-state index in [4.69, 9.17) is 41.9 Å². The smallest absolute Gasteiger partial charge is 0.434 e. The summed E-state index contributed by atoms with van der Waals surface area (Å²) in [5.41, 5.74) is -2.01. The molecule has 4 aromatic rings. The van der Waals surface area contributed by atoms with Crippen LogP contribution in [0.15, 0.2) is 35.2 Å². The number of rotatable bonds is 9. The number of benzene rings is 1. The number of nitrogens with one attached hydrogen (secondary N) is 1. The highest BCUT2D eigenvalue weighted by Crippen LogP contribution is 2.36. The van der Waals surface area contributed by atoms with Crippen LogP contribution in [0.25, 0.3) is 28.6 Å². The molecule has 4 rings (SSSR count). The molecule has 0 saturated heterocycles. The number of halogens is 5. The number of nitrogens with zero attached hydrogens (tertiary/aromatic N) is 5. The fourth-order valence-corrected chi connectivity index (χ4v) is 4.01. The molecule has 11 nitrogen and oxygen atoms in total. The van der Waals surface area contributed by atoms with Gasteiger partial charge in [0.05, 0.1) is 29.5 Å². The largest absolute Gasteiger partial charge is 0.492 e. The highest BCUT2D eigenvalue weighted by molar-refractivity contribution is 6.36. The summed E-state index contributed by atoms with van der Waals surface area (Å²) in [6, 6.07) is 3.00. The number of ether oxygens (including phenoxy) is 3. The van der Waals surface area contributed by atoms with Gasteiger partial charge in [0.2, 0.25) is 5.82 Å². The monoisotopic (exact) mass is 630 g/mol. The topological polar surface area (TPSA) is 126 Å². The van der Waals surface area contributed by atoms with E-state index in [1.165, 1.54) is 18.3 Å². The molecule has 1 N–H and O–H groups in total. The third-order valence-corrected chi connectivity index (χ3v) is 5.96. The fourth-order valence-electron chi connectivity index (χ4n) is 3.55. The molecule has 1 amide bonds. The van der Waals surface area contributed by atoms with Crippen molar-refractivity contribution in [2.24, 2.45) is 0 Å². The maximum absolute atomic E-state index is 13.0. The molecule has 0 fully saturated rings. The lowest BCUT2D eigenvalue weighted by molar-refractivity contribution is -0.141. The highest BCUT2D eigenvalue weighted by Gasteiger charge is 2.33. The van der Waals surface area contributed by atoms with Crippen molar-refractivity contribution in [1.82, 2.24) is 29.8 Å². The summed E-state index contributed by atoms with van der Waals surface area (Å²) < 4.78 is 62.0. The van der Waals surface area contributed by atoms with Gasteiger partial charge in [0, 0.05) is 30.4 Å². The van der Waals surface area contributed by atoms with Crippen LogP contribution in [-0.2, 0) is 15.7 Å². The molecular formula is C26H27Cl2F3N6O5. The molecule has 0 atom stereocenters. The van der Waals surface area contributed by atoms with Crippen LogP contribution in [0.2, 0.25) is 10.0 Å². The van der Waals surface area contributed by atoms with Gasteiger partial charge in [-0.3, -0.25) is 5.32 Å². The second-order valence-corrected chi connectivity index (χ2v) is 11.3. The van der Waals surface area contributed by atoms with Gasteiger partial charge in [-0.1, -0.05) is 28.4 Å². The van der Waals surface area contributed by atoms with E-state index in [0.29, 0.717) is 17.7 Å². The molecule has 0 unspecified atom stereocenters. The van der Waals surface area contributed by atoms with Gasteiger partial charge in [0.15, 0.2) is 11.3 Å². The van der Waals surface area contributed by atoms with E-state index < -0.39 is 29.3 Å². The van der Waals surface area contributed by atoms with Crippen molar-refractivity contribution in [3.8, 4) is 28.7 Å². The van der Waals surface area contributed by atoms with Gasteiger partial charge in [0.1, 0.15) is 22.8 Å². The highest BCUT2D eigenvalue weighted by atomic mass is 35.5. The molecule has 0 aliphatic rings. The molecule has 0 aliphatic heterocycles.